The maximum atomic E-state index is 12.3. The van der Waals surface area contributed by atoms with Gasteiger partial charge in [-0.05, 0) is 12.1 Å². The maximum absolute atomic E-state index is 12.3. The van der Waals surface area contributed by atoms with Crippen molar-refractivity contribution in [3.8, 4) is 5.75 Å². The molecule has 0 spiro atoms. The topological polar surface area (TPSA) is 61.9 Å². The summed E-state index contributed by atoms with van der Waals surface area (Å²) in [5, 5.41) is 2.83. The number of nitrogens with zero attached hydrogens (tertiary/aromatic N) is 2. The van der Waals surface area contributed by atoms with Crippen LogP contribution in [-0.4, -0.2) is 56.5 Å². The molecule has 2 rings (SSSR count). The van der Waals surface area contributed by atoms with Crippen molar-refractivity contribution in [1.29, 1.82) is 0 Å². The number of hydrogen-bond donors (Lipinski definition) is 1. The first-order chi connectivity index (χ1) is 11.8. The summed E-state index contributed by atoms with van der Waals surface area (Å²) in [4.78, 5) is 28.3. The lowest BCUT2D eigenvalue weighted by atomic mass is 9.96. The molecule has 0 atom stereocenters. The van der Waals surface area contributed by atoms with Crippen molar-refractivity contribution in [2.24, 2.45) is 5.41 Å². The Balaban J connectivity index is 1.80. The summed E-state index contributed by atoms with van der Waals surface area (Å²) in [5.74, 6) is 0.919. The Hall–Kier alpha value is -2.24. The highest BCUT2D eigenvalue weighted by atomic mass is 16.5. The summed E-state index contributed by atoms with van der Waals surface area (Å²) in [5.41, 5.74) is 0.637. The van der Waals surface area contributed by atoms with E-state index in [0.717, 1.165) is 24.5 Å². The van der Waals surface area contributed by atoms with Gasteiger partial charge in [-0.25, -0.2) is 0 Å². The van der Waals surface area contributed by atoms with E-state index in [1.165, 1.54) is 0 Å². The third-order valence-electron chi connectivity index (χ3n) is 4.36. The van der Waals surface area contributed by atoms with Crippen LogP contribution in [0.5, 0.6) is 5.75 Å². The number of para-hydroxylation sites is 2. The molecule has 138 valence electrons. The van der Waals surface area contributed by atoms with Gasteiger partial charge in [-0.2, -0.15) is 0 Å². The lowest BCUT2D eigenvalue weighted by molar-refractivity contribution is -0.132. The van der Waals surface area contributed by atoms with Gasteiger partial charge in [0, 0.05) is 44.6 Å². The molecule has 1 N–H and O–H groups in total. The molecular formula is C19H29N3O3. The molecule has 1 aliphatic heterocycles. The smallest absolute Gasteiger partial charge is 0.225 e. The van der Waals surface area contributed by atoms with Gasteiger partial charge in [0.1, 0.15) is 5.75 Å². The lowest BCUT2D eigenvalue weighted by Crippen LogP contribution is -2.49. The molecule has 1 aromatic rings. The van der Waals surface area contributed by atoms with Gasteiger partial charge >= 0.3 is 0 Å². The Bertz CT molecular complexity index is 602. The number of carbonyl (C=O) groups excluding carboxylic acids is 2. The van der Waals surface area contributed by atoms with E-state index >= 15 is 0 Å². The van der Waals surface area contributed by atoms with Crippen molar-refractivity contribution >= 4 is 17.5 Å². The molecule has 1 heterocycles. The van der Waals surface area contributed by atoms with Gasteiger partial charge in [-0.15, -0.1) is 0 Å². The minimum Gasteiger partial charge on any atom is -0.495 e. The highest BCUT2D eigenvalue weighted by Gasteiger charge is 2.24. The Morgan fingerprint density at radius 3 is 2.36 bits per heavy atom. The van der Waals surface area contributed by atoms with E-state index in [1.54, 1.807) is 7.11 Å². The van der Waals surface area contributed by atoms with Gasteiger partial charge in [-0.1, -0.05) is 32.9 Å². The second kappa shape index (κ2) is 8.23. The third-order valence-corrected chi connectivity index (χ3v) is 4.36. The van der Waals surface area contributed by atoms with Crippen LogP contribution < -0.4 is 15.0 Å². The standard InChI is InChI=1S/C19H29N3O3/c1-19(2,3)18(24)20-10-9-17(23)22-13-11-21(12-14-22)15-7-5-6-8-16(15)25-4/h5-8H,9-14H2,1-4H3,(H,20,24). The lowest BCUT2D eigenvalue weighted by Gasteiger charge is -2.36. The van der Waals surface area contributed by atoms with E-state index in [2.05, 4.69) is 10.2 Å². The van der Waals surface area contributed by atoms with E-state index in [1.807, 2.05) is 49.9 Å². The molecule has 25 heavy (non-hydrogen) atoms. The molecule has 1 aromatic carbocycles. The van der Waals surface area contributed by atoms with Gasteiger partial charge in [0.25, 0.3) is 0 Å². The molecule has 2 amide bonds. The van der Waals surface area contributed by atoms with Gasteiger partial charge in [0.15, 0.2) is 0 Å². The van der Waals surface area contributed by atoms with Crippen LogP contribution >= 0.6 is 0 Å². The molecule has 0 bridgehead atoms. The summed E-state index contributed by atoms with van der Waals surface area (Å²) in [6, 6.07) is 7.93. The van der Waals surface area contributed by atoms with Crippen LogP contribution in [0.15, 0.2) is 24.3 Å². The first-order valence-corrected chi connectivity index (χ1v) is 8.77. The molecule has 0 aliphatic carbocycles. The zero-order valence-electron chi connectivity index (χ0n) is 15.7. The average Bonchev–Trinajstić information content (AvgIpc) is 2.60. The number of carbonyl (C=O) groups is 2. The van der Waals surface area contributed by atoms with Crippen LogP contribution in [-0.2, 0) is 9.59 Å². The van der Waals surface area contributed by atoms with E-state index in [0.29, 0.717) is 26.1 Å². The van der Waals surface area contributed by atoms with Crippen LogP contribution in [0.3, 0.4) is 0 Å². The second-order valence-corrected chi connectivity index (χ2v) is 7.30. The number of rotatable bonds is 5. The SMILES string of the molecule is COc1ccccc1N1CCN(C(=O)CCNC(=O)C(C)(C)C)CC1. The van der Waals surface area contributed by atoms with E-state index < -0.39 is 5.41 Å². The fourth-order valence-electron chi connectivity index (χ4n) is 2.79. The molecule has 1 fully saturated rings. The van der Waals surface area contributed by atoms with Crippen LogP contribution in [0.2, 0.25) is 0 Å². The van der Waals surface area contributed by atoms with Crippen LogP contribution in [0.25, 0.3) is 0 Å². The van der Waals surface area contributed by atoms with Crippen molar-refractivity contribution in [3.63, 3.8) is 0 Å². The summed E-state index contributed by atoms with van der Waals surface area (Å²) in [6.07, 6.45) is 0.344. The fraction of sp³-hybridized carbons (Fsp3) is 0.579. The Morgan fingerprint density at radius 2 is 1.76 bits per heavy atom. The number of amides is 2. The predicted octanol–water partition coefficient (Wildman–Crippen LogP) is 1.90. The summed E-state index contributed by atoms with van der Waals surface area (Å²) >= 11 is 0. The molecule has 6 heteroatoms. The fourth-order valence-corrected chi connectivity index (χ4v) is 2.79. The number of benzene rings is 1. The van der Waals surface area contributed by atoms with Gasteiger partial charge in [0.05, 0.1) is 12.8 Å². The minimum atomic E-state index is -0.427. The van der Waals surface area contributed by atoms with Crippen molar-refractivity contribution in [3.05, 3.63) is 24.3 Å². The zero-order chi connectivity index (χ0) is 18.4. The van der Waals surface area contributed by atoms with Crippen molar-refractivity contribution in [2.45, 2.75) is 27.2 Å². The summed E-state index contributed by atoms with van der Waals surface area (Å²) in [6.45, 7) is 8.90. The van der Waals surface area contributed by atoms with Gasteiger partial charge < -0.3 is 19.9 Å². The monoisotopic (exact) mass is 347 g/mol. The summed E-state index contributed by atoms with van der Waals surface area (Å²) in [7, 11) is 1.67. The Morgan fingerprint density at radius 1 is 1.12 bits per heavy atom. The molecule has 1 aliphatic rings. The van der Waals surface area contributed by atoms with Crippen LogP contribution in [0, 0.1) is 5.41 Å². The van der Waals surface area contributed by atoms with Gasteiger partial charge in [0.2, 0.25) is 11.8 Å². The predicted molar refractivity (Wildman–Crippen MR) is 98.9 cm³/mol. The van der Waals surface area contributed by atoms with E-state index in [9.17, 15) is 9.59 Å². The Kier molecular flexibility index (Phi) is 6.28. The summed E-state index contributed by atoms with van der Waals surface area (Å²) < 4.78 is 5.41. The van der Waals surface area contributed by atoms with E-state index in [4.69, 9.17) is 4.74 Å². The number of anilines is 1. The number of methoxy groups -OCH3 is 1. The maximum Gasteiger partial charge on any atom is 0.225 e. The first-order valence-electron chi connectivity index (χ1n) is 8.77. The highest BCUT2D eigenvalue weighted by molar-refractivity contribution is 5.82. The normalized spacial score (nSPS) is 15.0. The third kappa shape index (κ3) is 5.11. The quantitative estimate of drug-likeness (QED) is 0.884. The van der Waals surface area contributed by atoms with E-state index in [-0.39, 0.29) is 11.8 Å². The van der Waals surface area contributed by atoms with Crippen LogP contribution in [0.4, 0.5) is 5.69 Å². The molecule has 0 unspecified atom stereocenters. The van der Waals surface area contributed by atoms with Crippen molar-refractivity contribution in [1.82, 2.24) is 10.2 Å². The number of nitrogens with one attached hydrogen (secondary N) is 1. The molecule has 6 nitrogen and oxygen atoms in total. The second-order valence-electron chi connectivity index (χ2n) is 7.30. The first kappa shape index (κ1) is 19.1. The Labute approximate surface area is 150 Å². The average molecular weight is 347 g/mol. The minimum absolute atomic E-state index is 0.0266. The van der Waals surface area contributed by atoms with Gasteiger partial charge in [-0.3, -0.25) is 9.59 Å². The molecule has 0 radical (unpaired) electrons. The molecule has 1 saturated heterocycles. The highest BCUT2D eigenvalue weighted by Crippen LogP contribution is 2.28. The number of piperazine rings is 1. The number of hydrogen-bond acceptors (Lipinski definition) is 4. The largest absolute Gasteiger partial charge is 0.495 e. The zero-order valence-corrected chi connectivity index (χ0v) is 15.7. The van der Waals surface area contributed by atoms with Crippen molar-refractivity contribution < 1.29 is 14.3 Å². The van der Waals surface area contributed by atoms with Crippen molar-refractivity contribution in [2.75, 3.05) is 44.7 Å². The van der Waals surface area contributed by atoms with Crippen LogP contribution in [0.1, 0.15) is 27.2 Å². The molecular weight excluding hydrogens is 318 g/mol. The molecule has 0 saturated carbocycles. The molecule has 0 aromatic heterocycles. The number of ether oxygens (including phenoxy) is 1.